The van der Waals surface area contributed by atoms with Gasteiger partial charge >= 0.3 is 0 Å². The quantitative estimate of drug-likeness (QED) is 0.420. The van der Waals surface area contributed by atoms with Crippen LogP contribution in [0.4, 0.5) is 11.4 Å². The van der Waals surface area contributed by atoms with Crippen molar-refractivity contribution in [2.45, 2.75) is 50.5 Å². The van der Waals surface area contributed by atoms with E-state index in [1.54, 1.807) is 50.4 Å². The number of sulfonamides is 1. The van der Waals surface area contributed by atoms with E-state index in [0.717, 1.165) is 31.2 Å². The molecule has 0 spiro atoms. The molecule has 2 N–H and O–H groups in total. The van der Waals surface area contributed by atoms with Crippen molar-refractivity contribution in [3.05, 3.63) is 77.4 Å². The van der Waals surface area contributed by atoms with Gasteiger partial charge in [0.05, 0.1) is 23.8 Å². The summed E-state index contributed by atoms with van der Waals surface area (Å²) in [5.74, 6) is 0.765. The molecule has 0 heterocycles. The fourth-order valence-electron chi connectivity index (χ4n) is 4.13. The number of hydrogen-bond donors (Lipinski definition) is 2. The molecule has 1 aliphatic rings. The van der Waals surface area contributed by atoms with Crippen LogP contribution in [0.2, 0.25) is 0 Å². The average molecular weight is 495 g/mol. The SMILES string of the molecule is COc1ccc(NC(=O)c2cc(S(=O)(=O)Nc3ccccc3C)ccc2C)cc1OC1CCCC1. The highest BCUT2D eigenvalue weighted by atomic mass is 32.2. The van der Waals surface area contributed by atoms with E-state index in [9.17, 15) is 13.2 Å². The molecule has 0 saturated heterocycles. The second-order valence-electron chi connectivity index (χ2n) is 8.74. The van der Waals surface area contributed by atoms with Crippen molar-refractivity contribution in [3.8, 4) is 11.5 Å². The standard InChI is InChI=1S/C27H30N2O5S/c1-18-12-14-22(35(31,32)29-24-11-7-4-8-19(24)2)17-23(18)27(30)28-20-13-15-25(33-3)26(16-20)34-21-9-5-6-10-21/h4,7-8,11-17,21,29H,5-6,9-10H2,1-3H3,(H,28,30). The molecule has 184 valence electrons. The molecule has 1 aliphatic carbocycles. The van der Waals surface area contributed by atoms with Crippen LogP contribution >= 0.6 is 0 Å². The normalized spacial score (nSPS) is 13.9. The number of ether oxygens (including phenoxy) is 2. The minimum Gasteiger partial charge on any atom is -0.493 e. The Bertz CT molecular complexity index is 1330. The summed E-state index contributed by atoms with van der Waals surface area (Å²) in [6.45, 7) is 3.59. The lowest BCUT2D eigenvalue weighted by atomic mass is 10.1. The van der Waals surface area contributed by atoms with Crippen LogP contribution in [0.5, 0.6) is 11.5 Å². The van der Waals surface area contributed by atoms with Gasteiger partial charge in [0.1, 0.15) is 0 Å². The molecule has 0 aromatic heterocycles. The predicted octanol–water partition coefficient (Wildman–Crippen LogP) is 5.69. The smallest absolute Gasteiger partial charge is 0.261 e. The van der Waals surface area contributed by atoms with Gasteiger partial charge in [0.15, 0.2) is 11.5 Å². The molecule has 1 fully saturated rings. The minimum absolute atomic E-state index is 0.0106. The lowest BCUT2D eigenvalue weighted by Crippen LogP contribution is -2.17. The van der Waals surface area contributed by atoms with Crippen LogP contribution in [0.15, 0.2) is 65.6 Å². The first-order valence-electron chi connectivity index (χ1n) is 11.6. The maximum absolute atomic E-state index is 13.1. The van der Waals surface area contributed by atoms with Gasteiger partial charge in [-0.25, -0.2) is 8.42 Å². The third-order valence-electron chi connectivity index (χ3n) is 6.17. The first kappa shape index (κ1) is 24.6. The number of rotatable bonds is 8. The van der Waals surface area contributed by atoms with Gasteiger partial charge in [-0.2, -0.15) is 0 Å². The van der Waals surface area contributed by atoms with Gasteiger partial charge in [-0.3, -0.25) is 9.52 Å². The molecular formula is C27H30N2O5S. The summed E-state index contributed by atoms with van der Waals surface area (Å²) in [4.78, 5) is 13.1. The van der Waals surface area contributed by atoms with Gasteiger partial charge in [-0.05, 0) is 81.0 Å². The van der Waals surface area contributed by atoms with Crippen molar-refractivity contribution in [3.63, 3.8) is 0 Å². The van der Waals surface area contributed by atoms with Gasteiger partial charge in [-0.1, -0.05) is 24.3 Å². The van der Waals surface area contributed by atoms with Crippen LogP contribution in [0.3, 0.4) is 0 Å². The van der Waals surface area contributed by atoms with E-state index < -0.39 is 15.9 Å². The molecule has 0 aliphatic heterocycles. The maximum atomic E-state index is 13.1. The topological polar surface area (TPSA) is 93.7 Å². The van der Waals surface area contributed by atoms with Crippen LogP contribution in [0.1, 0.15) is 47.2 Å². The fraction of sp³-hybridized carbons (Fsp3) is 0.296. The zero-order chi connectivity index (χ0) is 25.0. The first-order chi connectivity index (χ1) is 16.8. The molecule has 35 heavy (non-hydrogen) atoms. The first-order valence-corrected chi connectivity index (χ1v) is 13.1. The highest BCUT2D eigenvalue weighted by molar-refractivity contribution is 7.92. The Balaban J connectivity index is 1.56. The van der Waals surface area contributed by atoms with Crippen molar-refractivity contribution in [1.29, 1.82) is 0 Å². The van der Waals surface area contributed by atoms with E-state index in [1.807, 2.05) is 19.1 Å². The Labute approximate surface area is 206 Å². The van der Waals surface area contributed by atoms with E-state index in [4.69, 9.17) is 9.47 Å². The second-order valence-corrected chi connectivity index (χ2v) is 10.4. The summed E-state index contributed by atoms with van der Waals surface area (Å²) < 4.78 is 40.1. The zero-order valence-corrected chi connectivity index (χ0v) is 20.9. The summed E-state index contributed by atoms with van der Waals surface area (Å²) in [7, 11) is -2.30. The number of hydrogen-bond acceptors (Lipinski definition) is 5. The number of para-hydroxylation sites is 1. The Kier molecular flexibility index (Phi) is 7.31. The van der Waals surface area contributed by atoms with Crippen molar-refractivity contribution >= 4 is 27.3 Å². The molecule has 3 aromatic carbocycles. The summed E-state index contributed by atoms with van der Waals surface area (Å²) in [6, 6.07) is 16.9. The van der Waals surface area contributed by atoms with E-state index in [2.05, 4.69) is 10.0 Å². The lowest BCUT2D eigenvalue weighted by molar-refractivity contribution is 0.102. The number of nitrogens with one attached hydrogen (secondary N) is 2. The molecule has 0 unspecified atom stereocenters. The Morgan fingerprint density at radius 3 is 2.37 bits per heavy atom. The predicted molar refractivity (Wildman–Crippen MR) is 137 cm³/mol. The minimum atomic E-state index is -3.88. The molecule has 0 radical (unpaired) electrons. The summed E-state index contributed by atoms with van der Waals surface area (Å²) in [5, 5.41) is 2.86. The molecule has 3 aromatic rings. The molecule has 8 heteroatoms. The fourth-order valence-corrected chi connectivity index (χ4v) is 5.29. The number of aryl methyl sites for hydroxylation is 2. The highest BCUT2D eigenvalue weighted by Crippen LogP contribution is 2.34. The summed E-state index contributed by atoms with van der Waals surface area (Å²) in [5.41, 5.74) is 2.76. The third kappa shape index (κ3) is 5.77. The van der Waals surface area contributed by atoms with E-state index >= 15 is 0 Å². The second kappa shape index (κ2) is 10.4. The lowest BCUT2D eigenvalue weighted by Gasteiger charge is -2.17. The monoisotopic (exact) mass is 494 g/mol. The summed E-state index contributed by atoms with van der Waals surface area (Å²) >= 11 is 0. The van der Waals surface area contributed by atoms with E-state index in [0.29, 0.717) is 28.4 Å². The van der Waals surface area contributed by atoms with Crippen molar-refractivity contribution in [1.82, 2.24) is 0 Å². The molecule has 4 rings (SSSR count). The molecular weight excluding hydrogens is 464 g/mol. The van der Waals surface area contributed by atoms with Crippen LogP contribution in [-0.2, 0) is 10.0 Å². The summed E-state index contributed by atoms with van der Waals surface area (Å²) in [6.07, 6.45) is 4.41. The van der Waals surface area contributed by atoms with E-state index in [-0.39, 0.29) is 16.6 Å². The van der Waals surface area contributed by atoms with Gasteiger partial charge in [0.2, 0.25) is 0 Å². The largest absolute Gasteiger partial charge is 0.493 e. The number of carbonyl (C=O) groups is 1. The Hall–Kier alpha value is -3.52. The molecule has 0 atom stereocenters. The molecule has 0 bridgehead atoms. The van der Waals surface area contributed by atoms with Gasteiger partial charge < -0.3 is 14.8 Å². The Morgan fingerprint density at radius 2 is 1.66 bits per heavy atom. The molecule has 1 saturated carbocycles. The molecule has 1 amide bonds. The average Bonchev–Trinajstić information content (AvgIpc) is 3.34. The van der Waals surface area contributed by atoms with Gasteiger partial charge in [0.25, 0.3) is 15.9 Å². The number of benzene rings is 3. The molecule has 7 nitrogen and oxygen atoms in total. The van der Waals surface area contributed by atoms with Crippen molar-refractivity contribution in [2.75, 3.05) is 17.1 Å². The van der Waals surface area contributed by atoms with E-state index in [1.165, 1.54) is 12.1 Å². The van der Waals surface area contributed by atoms with Crippen LogP contribution in [-0.4, -0.2) is 27.5 Å². The van der Waals surface area contributed by atoms with Crippen molar-refractivity contribution in [2.24, 2.45) is 0 Å². The number of methoxy groups -OCH3 is 1. The van der Waals surface area contributed by atoms with Crippen LogP contribution in [0, 0.1) is 13.8 Å². The number of amides is 1. The number of anilines is 2. The zero-order valence-electron chi connectivity index (χ0n) is 20.1. The maximum Gasteiger partial charge on any atom is 0.261 e. The van der Waals surface area contributed by atoms with Crippen LogP contribution in [0.25, 0.3) is 0 Å². The van der Waals surface area contributed by atoms with Gasteiger partial charge in [0, 0.05) is 17.3 Å². The number of carbonyl (C=O) groups excluding carboxylic acids is 1. The van der Waals surface area contributed by atoms with Crippen molar-refractivity contribution < 1.29 is 22.7 Å². The highest BCUT2D eigenvalue weighted by Gasteiger charge is 2.21. The Morgan fingerprint density at radius 1 is 0.914 bits per heavy atom. The van der Waals surface area contributed by atoms with Crippen LogP contribution < -0.4 is 19.5 Å². The van der Waals surface area contributed by atoms with Gasteiger partial charge in [-0.15, -0.1) is 0 Å². The third-order valence-corrected chi connectivity index (χ3v) is 7.53.